The Labute approximate surface area is 125 Å². The maximum atomic E-state index is 4.09. The van der Waals surface area contributed by atoms with E-state index in [9.17, 15) is 0 Å². The van der Waals surface area contributed by atoms with Crippen LogP contribution in [0.4, 0.5) is 0 Å². The average Bonchev–Trinajstić information content (AvgIpc) is 3.16. The predicted molar refractivity (Wildman–Crippen MR) is 83.9 cm³/mol. The number of benzene rings is 1. The first-order valence-corrected chi connectivity index (χ1v) is 8.24. The number of nitrogens with zero attached hydrogens (tertiary/aromatic N) is 3. The van der Waals surface area contributed by atoms with E-state index in [1.165, 1.54) is 30.2 Å². The topological polar surface area (TPSA) is 21.1 Å². The predicted octanol–water partition coefficient (Wildman–Crippen LogP) is 3.00. The van der Waals surface area contributed by atoms with Crippen LogP contribution in [0.3, 0.4) is 0 Å². The summed E-state index contributed by atoms with van der Waals surface area (Å²) in [5.41, 5.74) is 0. The third-order valence-corrected chi connectivity index (χ3v) is 5.08. The van der Waals surface area contributed by atoms with Crippen LogP contribution in [-0.2, 0) is 6.54 Å². The second-order valence-corrected chi connectivity index (χ2v) is 6.47. The summed E-state index contributed by atoms with van der Waals surface area (Å²) in [6.07, 6.45) is 7.13. The van der Waals surface area contributed by atoms with Crippen LogP contribution in [0.5, 0.6) is 0 Å². The highest BCUT2D eigenvalue weighted by Gasteiger charge is 2.21. The van der Waals surface area contributed by atoms with Gasteiger partial charge in [0.15, 0.2) is 0 Å². The van der Waals surface area contributed by atoms with Gasteiger partial charge in [-0.3, -0.25) is 0 Å². The molecule has 0 bridgehead atoms. The number of likely N-dealkylation sites (tertiary alicyclic amines) is 1. The van der Waals surface area contributed by atoms with Crippen molar-refractivity contribution < 1.29 is 0 Å². The molecule has 0 N–H and O–H groups in total. The molecule has 1 saturated heterocycles. The molecule has 0 aliphatic carbocycles. The normalized spacial score (nSPS) is 19.5. The molecule has 1 aromatic carbocycles. The third kappa shape index (κ3) is 3.87. The highest BCUT2D eigenvalue weighted by molar-refractivity contribution is 7.99. The maximum absolute atomic E-state index is 4.09. The van der Waals surface area contributed by atoms with Crippen LogP contribution in [0, 0.1) is 5.92 Å². The number of hydrogen-bond donors (Lipinski definition) is 0. The zero-order chi connectivity index (χ0) is 13.6. The molecular formula is C16H21N3S. The fourth-order valence-corrected chi connectivity index (χ4v) is 3.71. The Balaban J connectivity index is 1.38. The molecule has 0 saturated carbocycles. The molecular weight excluding hydrogens is 266 g/mol. The van der Waals surface area contributed by atoms with E-state index in [0.29, 0.717) is 0 Å². The number of hydrogen-bond acceptors (Lipinski definition) is 3. The van der Waals surface area contributed by atoms with E-state index in [-0.39, 0.29) is 0 Å². The molecule has 3 rings (SSSR count). The van der Waals surface area contributed by atoms with Gasteiger partial charge in [0.05, 0.1) is 6.33 Å². The molecule has 2 aromatic rings. The summed E-state index contributed by atoms with van der Waals surface area (Å²) in [6, 6.07) is 10.7. The average molecular weight is 287 g/mol. The van der Waals surface area contributed by atoms with Crippen LogP contribution in [0.1, 0.15) is 6.42 Å². The van der Waals surface area contributed by atoms with Gasteiger partial charge in [0.1, 0.15) is 0 Å². The van der Waals surface area contributed by atoms with Gasteiger partial charge in [0.2, 0.25) is 0 Å². The first-order chi connectivity index (χ1) is 9.90. The summed E-state index contributed by atoms with van der Waals surface area (Å²) in [5, 5.41) is 0. The Hall–Kier alpha value is -1.26. The lowest BCUT2D eigenvalue weighted by Crippen LogP contribution is -2.25. The van der Waals surface area contributed by atoms with Gasteiger partial charge >= 0.3 is 0 Å². The molecule has 1 aliphatic heterocycles. The van der Waals surface area contributed by atoms with E-state index in [0.717, 1.165) is 19.0 Å². The van der Waals surface area contributed by atoms with Crippen LogP contribution < -0.4 is 0 Å². The Kier molecular flexibility index (Phi) is 4.77. The zero-order valence-corrected chi connectivity index (χ0v) is 12.5. The molecule has 0 amide bonds. The van der Waals surface area contributed by atoms with Crippen molar-refractivity contribution in [3.8, 4) is 0 Å². The van der Waals surface area contributed by atoms with Gasteiger partial charge in [0.25, 0.3) is 0 Å². The zero-order valence-electron chi connectivity index (χ0n) is 11.7. The molecule has 1 atom stereocenters. The van der Waals surface area contributed by atoms with Crippen molar-refractivity contribution in [1.82, 2.24) is 14.5 Å². The summed E-state index contributed by atoms with van der Waals surface area (Å²) in [7, 11) is 0. The summed E-state index contributed by atoms with van der Waals surface area (Å²) < 4.78 is 2.16. The molecule has 3 nitrogen and oxygen atoms in total. The highest BCUT2D eigenvalue weighted by atomic mass is 32.2. The van der Waals surface area contributed by atoms with Crippen molar-refractivity contribution in [2.75, 3.05) is 25.4 Å². The third-order valence-electron chi connectivity index (χ3n) is 3.83. The molecule has 1 fully saturated rings. The summed E-state index contributed by atoms with van der Waals surface area (Å²) in [4.78, 5) is 8.06. The number of thioether (sulfide) groups is 1. The molecule has 0 radical (unpaired) electrons. The summed E-state index contributed by atoms with van der Waals surface area (Å²) >= 11 is 1.99. The lowest BCUT2D eigenvalue weighted by molar-refractivity contribution is 0.313. The van der Waals surface area contributed by atoms with Crippen LogP contribution in [0.15, 0.2) is 53.9 Å². The smallest absolute Gasteiger partial charge is 0.0946 e. The Morgan fingerprint density at radius 3 is 2.90 bits per heavy atom. The van der Waals surface area contributed by atoms with Crippen molar-refractivity contribution in [2.45, 2.75) is 17.9 Å². The van der Waals surface area contributed by atoms with Gasteiger partial charge in [0, 0.05) is 42.7 Å². The van der Waals surface area contributed by atoms with Crippen molar-refractivity contribution >= 4 is 11.8 Å². The Morgan fingerprint density at radius 2 is 2.10 bits per heavy atom. The largest absolute Gasteiger partial charge is 0.336 e. The highest BCUT2D eigenvalue weighted by Crippen LogP contribution is 2.25. The fraction of sp³-hybridized carbons (Fsp3) is 0.438. The van der Waals surface area contributed by atoms with Crippen molar-refractivity contribution in [3.63, 3.8) is 0 Å². The van der Waals surface area contributed by atoms with Crippen LogP contribution in [0.2, 0.25) is 0 Å². The molecule has 0 spiro atoms. The van der Waals surface area contributed by atoms with E-state index >= 15 is 0 Å². The summed E-state index contributed by atoms with van der Waals surface area (Å²) in [5.74, 6) is 2.08. The van der Waals surface area contributed by atoms with Crippen LogP contribution in [-0.4, -0.2) is 39.8 Å². The van der Waals surface area contributed by atoms with Gasteiger partial charge in [-0.1, -0.05) is 18.2 Å². The second-order valence-electron chi connectivity index (χ2n) is 5.38. The fourth-order valence-electron chi connectivity index (χ4n) is 2.66. The van der Waals surface area contributed by atoms with E-state index < -0.39 is 0 Å². The molecule has 1 aromatic heterocycles. The SMILES string of the molecule is c1ccc(SCC2CCN(CCn3ccnc3)C2)cc1. The molecule has 4 heteroatoms. The lowest BCUT2D eigenvalue weighted by atomic mass is 10.2. The monoisotopic (exact) mass is 287 g/mol. The Morgan fingerprint density at radius 1 is 1.20 bits per heavy atom. The minimum Gasteiger partial charge on any atom is -0.336 e. The van der Waals surface area contributed by atoms with Crippen molar-refractivity contribution in [2.24, 2.45) is 5.92 Å². The van der Waals surface area contributed by atoms with E-state index in [2.05, 4.69) is 44.8 Å². The second kappa shape index (κ2) is 6.95. The van der Waals surface area contributed by atoms with Crippen LogP contribution in [0.25, 0.3) is 0 Å². The van der Waals surface area contributed by atoms with Crippen LogP contribution >= 0.6 is 11.8 Å². The van der Waals surface area contributed by atoms with Crippen molar-refractivity contribution in [3.05, 3.63) is 49.1 Å². The number of imidazole rings is 1. The van der Waals surface area contributed by atoms with E-state index in [4.69, 9.17) is 0 Å². The molecule has 1 unspecified atom stereocenters. The number of aromatic nitrogens is 2. The summed E-state index contributed by atoms with van der Waals surface area (Å²) in [6.45, 7) is 4.69. The van der Waals surface area contributed by atoms with Gasteiger partial charge in [-0.25, -0.2) is 4.98 Å². The molecule has 106 valence electrons. The first kappa shape index (κ1) is 13.7. The minimum atomic E-state index is 0.836. The van der Waals surface area contributed by atoms with Crippen molar-refractivity contribution in [1.29, 1.82) is 0 Å². The molecule has 1 aliphatic rings. The Bertz CT molecular complexity index is 498. The van der Waals surface area contributed by atoms with Gasteiger partial charge in [-0.2, -0.15) is 0 Å². The number of rotatable bonds is 6. The quantitative estimate of drug-likeness (QED) is 0.762. The van der Waals surface area contributed by atoms with Gasteiger partial charge in [-0.15, -0.1) is 11.8 Å². The van der Waals surface area contributed by atoms with Gasteiger partial charge in [-0.05, 0) is 31.0 Å². The van der Waals surface area contributed by atoms with E-state index in [1.807, 2.05) is 30.5 Å². The maximum Gasteiger partial charge on any atom is 0.0946 e. The van der Waals surface area contributed by atoms with Gasteiger partial charge < -0.3 is 9.47 Å². The van der Waals surface area contributed by atoms with E-state index in [1.54, 1.807) is 0 Å². The lowest BCUT2D eigenvalue weighted by Gasteiger charge is -2.16. The molecule has 2 heterocycles. The minimum absolute atomic E-state index is 0.836. The first-order valence-electron chi connectivity index (χ1n) is 7.26. The molecule has 20 heavy (non-hydrogen) atoms. The standard InChI is InChI=1S/C16H21N3S/c1-2-4-16(5-3-1)20-13-15-6-8-18(12-15)10-11-19-9-7-17-14-19/h1-5,7,9,14-15H,6,8,10-13H2.